The Balaban J connectivity index is 2.30. The van der Waals surface area contributed by atoms with Gasteiger partial charge in [0, 0.05) is 10.9 Å². The van der Waals surface area contributed by atoms with E-state index in [0.29, 0.717) is 5.58 Å². The summed E-state index contributed by atoms with van der Waals surface area (Å²) in [5.74, 6) is -0.395. The maximum absolute atomic E-state index is 12.4. The van der Waals surface area contributed by atoms with E-state index < -0.39 is 17.1 Å². The van der Waals surface area contributed by atoms with Crippen LogP contribution in [0.4, 0.5) is 0 Å². The number of nitrogens with one attached hydrogen (secondary N) is 1. The van der Waals surface area contributed by atoms with Gasteiger partial charge in [-0.1, -0.05) is 39.0 Å². The Labute approximate surface area is 130 Å². The first-order chi connectivity index (χ1) is 10.1. The molecule has 0 aliphatic heterocycles. The molecular formula is C18H23NO3. The Hall–Kier alpha value is -2.10. The van der Waals surface area contributed by atoms with E-state index in [-0.39, 0.29) is 11.0 Å². The minimum Gasteiger partial charge on any atom is -0.422 e. The van der Waals surface area contributed by atoms with Gasteiger partial charge in [-0.25, -0.2) is 4.79 Å². The average molecular weight is 301 g/mol. The van der Waals surface area contributed by atoms with E-state index in [4.69, 9.17) is 4.42 Å². The summed E-state index contributed by atoms with van der Waals surface area (Å²) in [5.41, 5.74) is -0.417. The van der Waals surface area contributed by atoms with Crippen LogP contribution in [-0.2, 0) is 0 Å². The highest BCUT2D eigenvalue weighted by atomic mass is 16.4. The van der Waals surface area contributed by atoms with Gasteiger partial charge in [-0.2, -0.15) is 0 Å². The normalized spacial score (nSPS) is 12.4. The SMILES string of the molecule is CC(C)(C)CC(C)(C)NC(=O)c1cc2ccccc2oc1=O. The second-order valence-corrected chi connectivity index (χ2v) is 7.56. The Morgan fingerprint density at radius 1 is 1.14 bits per heavy atom. The first-order valence-corrected chi connectivity index (χ1v) is 7.43. The van der Waals surface area contributed by atoms with Crippen molar-refractivity contribution >= 4 is 16.9 Å². The summed E-state index contributed by atoms with van der Waals surface area (Å²) < 4.78 is 5.21. The third-order valence-corrected chi connectivity index (χ3v) is 3.31. The topological polar surface area (TPSA) is 59.3 Å². The minimum atomic E-state index is -0.609. The van der Waals surface area contributed by atoms with Gasteiger partial charge in [-0.15, -0.1) is 0 Å². The van der Waals surface area contributed by atoms with E-state index in [1.54, 1.807) is 18.2 Å². The summed E-state index contributed by atoms with van der Waals surface area (Å²) in [6.07, 6.45) is 0.796. The molecule has 1 amide bonds. The summed E-state index contributed by atoms with van der Waals surface area (Å²) >= 11 is 0. The number of benzene rings is 1. The zero-order valence-corrected chi connectivity index (χ0v) is 13.8. The molecule has 118 valence electrons. The molecule has 1 N–H and O–H groups in total. The highest BCUT2D eigenvalue weighted by Crippen LogP contribution is 2.27. The first kappa shape index (κ1) is 16.3. The van der Waals surface area contributed by atoms with E-state index in [1.165, 1.54) is 0 Å². The van der Waals surface area contributed by atoms with Gasteiger partial charge >= 0.3 is 5.63 Å². The van der Waals surface area contributed by atoms with Gasteiger partial charge < -0.3 is 9.73 Å². The van der Waals surface area contributed by atoms with Crippen LogP contribution in [0.5, 0.6) is 0 Å². The lowest BCUT2D eigenvalue weighted by Crippen LogP contribution is -2.46. The van der Waals surface area contributed by atoms with Crippen molar-refractivity contribution in [3.63, 3.8) is 0 Å². The van der Waals surface area contributed by atoms with Crippen molar-refractivity contribution in [1.29, 1.82) is 0 Å². The molecule has 0 unspecified atom stereocenters. The van der Waals surface area contributed by atoms with Crippen LogP contribution < -0.4 is 10.9 Å². The van der Waals surface area contributed by atoms with Crippen molar-refractivity contribution in [1.82, 2.24) is 5.32 Å². The summed E-state index contributed by atoms with van der Waals surface area (Å²) in [4.78, 5) is 24.5. The summed E-state index contributed by atoms with van der Waals surface area (Å²) in [6, 6.07) is 8.74. The first-order valence-electron chi connectivity index (χ1n) is 7.43. The number of amides is 1. The molecule has 2 aromatic rings. The molecule has 1 aromatic carbocycles. The molecule has 4 nitrogen and oxygen atoms in total. The number of para-hydroxylation sites is 1. The Kier molecular flexibility index (Phi) is 4.14. The van der Waals surface area contributed by atoms with Crippen LogP contribution in [-0.4, -0.2) is 11.4 Å². The minimum absolute atomic E-state index is 0.0423. The van der Waals surface area contributed by atoms with Gasteiger partial charge in [-0.3, -0.25) is 4.79 Å². The van der Waals surface area contributed by atoms with Crippen molar-refractivity contribution in [3.8, 4) is 0 Å². The largest absolute Gasteiger partial charge is 0.422 e. The van der Waals surface area contributed by atoms with Gasteiger partial charge in [0.15, 0.2) is 0 Å². The quantitative estimate of drug-likeness (QED) is 0.879. The average Bonchev–Trinajstić information content (AvgIpc) is 2.34. The Morgan fingerprint density at radius 2 is 1.77 bits per heavy atom. The summed E-state index contributed by atoms with van der Waals surface area (Å²) in [7, 11) is 0. The lowest BCUT2D eigenvalue weighted by atomic mass is 9.81. The van der Waals surface area contributed by atoms with Crippen LogP contribution in [0.15, 0.2) is 39.5 Å². The van der Waals surface area contributed by atoms with Crippen LogP contribution in [0.3, 0.4) is 0 Å². The van der Waals surface area contributed by atoms with E-state index in [1.807, 2.05) is 26.0 Å². The van der Waals surface area contributed by atoms with E-state index in [9.17, 15) is 9.59 Å². The van der Waals surface area contributed by atoms with E-state index >= 15 is 0 Å². The number of fused-ring (bicyclic) bond motifs is 1. The fourth-order valence-corrected chi connectivity index (χ4v) is 2.96. The van der Waals surface area contributed by atoms with Crippen molar-refractivity contribution < 1.29 is 9.21 Å². The lowest BCUT2D eigenvalue weighted by Gasteiger charge is -2.33. The van der Waals surface area contributed by atoms with Gasteiger partial charge in [0.25, 0.3) is 5.91 Å². The van der Waals surface area contributed by atoms with Gasteiger partial charge in [0.2, 0.25) is 0 Å². The standard InChI is InChI=1S/C18H23NO3/c1-17(2,3)11-18(4,5)19-15(20)13-10-12-8-6-7-9-14(12)22-16(13)21/h6-10H,11H2,1-5H3,(H,19,20). The molecule has 0 atom stereocenters. The maximum atomic E-state index is 12.4. The van der Waals surface area contributed by atoms with E-state index in [2.05, 4.69) is 26.1 Å². The fourth-order valence-electron chi connectivity index (χ4n) is 2.96. The number of carbonyl (C=O) groups excluding carboxylic acids is 1. The monoisotopic (exact) mass is 301 g/mol. The van der Waals surface area contributed by atoms with Crippen LogP contribution in [0, 0.1) is 5.41 Å². The van der Waals surface area contributed by atoms with Crippen molar-refractivity contribution in [2.75, 3.05) is 0 Å². The molecule has 1 aromatic heterocycles. The molecule has 0 aliphatic rings. The van der Waals surface area contributed by atoms with Gasteiger partial charge in [0.1, 0.15) is 11.1 Å². The molecule has 0 saturated carbocycles. The smallest absolute Gasteiger partial charge is 0.349 e. The molecular weight excluding hydrogens is 278 g/mol. The van der Waals surface area contributed by atoms with Crippen molar-refractivity contribution in [2.24, 2.45) is 5.41 Å². The predicted octanol–water partition coefficient (Wildman–Crippen LogP) is 3.74. The molecule has 2 rings (SSSR count). The van der Waals surface area contributed by atoms with Crippen LogP contribution in [0.25, 0.3) is 11.0 Å². The Bertz CT molecular complexity index is 751. The molecule has 22 heavy (non-hydrogen) atoms. The zero-order chi connectivity index (χ0) is 16.5. The number of hydrogen-bond donors (Lipinski definition) is 1. The third kappa shape index (κ3) is 3.97. The molecule has 0 fully saturated rings. The molecule has 0 saturated heterocycles. The van der Waals surface area contributed by atoms with Crippen LogP contribution >= 0.6 is 0 Å². The van der Waals surface area contributed by atoms with Crippen LogP contribution in [0.2, 0.25) is 0 Å². The van der Waals surface area contributed by atoms with E-state index in [0.717, 1.165) is 11.8 Å². The second kappa shape index (κ2) is 5.59. The predicted molar refractivity (Wildman–Crippen MR) is 88.1 cm³/mol. The number of rotatable bonds is 3. The maximum Gasteiger partial charge on any atom is 0.349 e. The summed E-state index contributed by atoms with van der Waals surface area (Å²) in [5, 5.41) is 3.67. The van der Waals surface area contributed by atoms with Crippen LogP contribution in [0.1, 0.15) is 51.4 Å². The molecule has 0 spiro atoms. The number of hydrogen-bond acceptors (Lipinski definition) is 3. The van der Waals surface area contributed by atoms with Gasteiger partial charge in [-0.05, 0) is 37.8 Å². The number of carbonyl (C=O) groups is 1. The molecule has 4 heteroatoms. The van der Waals surface area contributed by atoms with Crippen molar-refractivity contribution in [3.05, 3.63) is 46.3 Å². The molecule has 0 aliphatic carbocycles. The highest BCUT2D eigenvalue weighted by Gasteiger charge is 2.28. The van der Waals surface area contributed by atoms with Crippen molar-refractivity contribution in [2.45, 2.75) is 46.6 Å². The molecule has 0 bridgehead atoms. The second-order valence-electron chi connectivity index (χ2n) is 7.56. The molecule has 1 heterocycles. The third-order valence-electron chi connectivity index (χ3n) is 3.31. The Morgan fingerprint density at radius 3 is 2.41 bits per heavy atom. The fraction of sp³-hybridized carbons (Fsp3) is 0.444. The summed E-state index contributed by atoms with van der Waals surface area (Å²) in [6.45, 7) is 10.3. The zero-order valence-electron chi connectivity index (χ0n) is 13.8. The highest BCUT2D eigenvalue weighted by molar-refractivity contribution is 5.97. The lowest BCUT2D eigenvalue weighted by molar-refractivity contribution is 0.0888. The molecule has 0 radical (unpaired) electrons. The van der Waals surface area contributed by atoms with Gasteiger partial charge in [0.05, 0.1) is 0 Å².